The first-order valence-corrected chi connectivity index (χ1v) is 21.8. The summed E-state index contributed by atoms with van der Waals surface area (Å²) in [4.78, 5) is 10.4. The van der Waals surface area contributed by atoms with E-state index in [1.165, 1.54) is 10.8 Å². The number of hydrogen-bond acceptors (Lipinski definition) is 4. The van der Waals surface area contributed by atoms with Gasteiger partial charge in [0.1, 0.15) is 0 Å². The maximum atomic E-state index is 9.85. The van der Waals surface area contributed by atoms with E-state index >= 15 is 0 Å². The molecule has 0 aliphatic carbocycles. The standard InChI is InChI=1S/C60H36N6/c61-37-39-31-40(38-62)33-45(32-39)43-28-30-58-51(34-43)49-22-10-14-26-57(49)66(58)59-35-44(53-36-52(41-15-3-1-4-16-41)63-60(64-53)42-17-5-2-6-18-42)27-29-50(59)48-21-9-13-25-56(48)65-54-23-11-7-19-46(54)47-20-8-12-24-55(47)65/h1-36H. The first-order valence-electron chi connectivity index (χ1n) is 21.8. The van der Waals surface area contributed by atoms with E-state index < -0.39 is 0 Å². The van der Waals surface area contributed by atoms with Gasteiger partial charge in [-0.3, -0.25) is 0 Å². The van der Waals surface area contributed by atoms with Gasteiger partial charge in [-0.1, -0.05) is 152 Å². The Kier molecular flexibility index (Phi) is 9.16. The van der Waals surface area contributed by atoms with E-state index in [0.29, 0.717) is 17.0 Å². The molecule has 0 bridgehead atoms. The summed E-state index contributed by atoms with van der Waals surface area (Å²) in [7, 11) is 0. The molecule has 9 aromatic carbocycles. The average Bonchev–Trinajstić information content (AvgIpc) is 3.91. The van der Waals surface area contributed by atoms with Crippen molar-refractivity contribution in [1.82, 2.24) is 19.1 Å². The molecule has 0 aliphatic rings. The highest BCUT2D eigenvalue weighted by molar-refractivity contribution is 6.12. The fraction of sp³-hybridized carbons (Fsp3) is 0. The van der Waals surface area contributed by atoms with Gasteiger partial charge in [-0.15, -0.1) is 0 Å². The van der Waals surface area contributed by atoms with E-state index in [0.717, 1.165) is 94.5 Å². The Morgan fingerprint density at radius 3 is 1.44 bits per heavy atom. The minimum absolute atomic E-state index is 0.450. The van der Waals surface area contributed by atoms with Gasteiger partial charge >= 0.3 is 0 Å². The molecule has 0 fully saturated rings. The Morgan fingerprint density at radius 2 is 0.803 bits per heavy atom. The Labute approximate surface area is 380 Å². The van der Waals surface area contributed by atoms with Gasteiger partial charge in [0, 0.05) is 49.4 Å². The molecule has 0 spiro atoms. The minimum atomic E-state index is 0.450. The van der Waals surface area contributed by atoms with Crippen LogP contribution in [0.25, 0.3) is 111 Å². The average molecular weight is 841 g/mol. The second-order valence-electron chi connectivity index (χ2n) is 16.4. The third-order valence-electron chi connectivity index (χ3n) is 12.6. The first kappa shape index (κ1) is 38.3. The van der Waals surface area contributed by atoms with E-state index in [1.807, 2.05) is 48.5 Å². The number of nitrogens with zero attached hydrogens (tertiary/aromatic N) is 6. The van der Waals surface area contributed by atoms with Crippen LogP contribution < -0.4 is 0 Å². The van der Waals surface area contributed by atoms with Crippen LogP contribution in [0.2, 0.25) is 0 Å². The van der Waals surface area contributed by atoms with Crippen LogP contribution >= 0.6 is 0 Å². The van der Waals surface area contributed by atoms with Crippen molar-refractivity contribution in [3.8, 4) is 79.7 Å². The summed E-state index contributed by atoms with van der Waals surface area (Å²) >= 11 is 0. The van der Waals surface area contributed by atoms with Gasteiger partial charge in [0.15, 0.2) is 5.82 Å². The van der Waals surface area contributed by atoms with Crippen molar-refractivity contribution < 1.29 is 0 Å². The lowest BCUT2D eigenvalue weighted by Gasteiger charge is -2.20. The lowest BCUT2D eigenvalue weighted by Crippen LogP contribution is -2.02. The molecule has 0 saturated heterocycles. The largest absolute Gasteiger partial charge is 0.309 e. The Balaban J connectivity index is 1.15. The lowest BCUT2D eigenvalue weighted by molar-refractivity contribution is 1.15. The third-order valence-corrected chi connectivity index (χ3v) is 12.6. The highest BCUT2D eigenvalue weighted by Crippen LogP contribution is 2.43. The molecule has 0 amide bonds. The number of benzene rings is 9. The molecule has 0 radical (unpaired) electrons. The van der Waals surface area contributed by atoms with Crippen LogP contribution in [0.5, 0.6) is 0 Å². The summed E-state index contributed by atoms with van der Waals surface area (Å²) in [6.45, 7) is 0. The van der Waals surface area contributed by atoms with E-state index in [-0.39, 0.29) is 0 Å². The van der Waals surface area contributed by atoms with Crippen molar-refractivity contribution in [1.29, 1.82) is 10.5 Å². The van der Waals surface area contributed by atoms with Gasteiger partial charge in [0.2, 0.25) is 0 Å². The third kappa shape index (κ3) is 6.41. The highest BCUT2D eigenvalue weighted by Gasteiger charge is 2.22. The van der Waals surface area contributed by atoms with Crippen molar-refractivity contribution in [2.45, 2.75) is 0 Å². The number of nitriles is 2. The van der Waals surface area contributed by atoms with Gasteiger partial charge in [-0.2, -0.15) is 10.5 Å². The molecule has 0 atom stereocenters. The molecule has 6 heteroatoms. The van der Waals surface area contributed by atoms with Crippen LogP contribution in [0.15, 0.2) is 218 Å². The van der Waals surface area contributed by atoms with E-state index in [4.69, 9.17) is 9.97 Å². The van der Waals surface area contributed by atoms with Crippen LogP contribution in [-0.4, -0.2) is 19.1 Å². The van der Waals surface area contributed by atoms with Crippen LogP contribution in [0.4, 0.5) is 0 Å². The van der Waals surface area contributed by atoms with Crippen molar-refractivity contribution in [2.24, 2.45) is 0 Å². The number of para-hydroxylation sites is 4. The Hall–Kier alpha value is -9.36. The molecule has 0 aliphatic heterocycles. The van der Waals surface area contributed by atoms with Gasteiger partial charge in [-0.25, -0.2) is 9.97 Å². The molecule has 0 N–H and O–H groups in total. The summed E-state index contributed by atoms with van der Waals surface area (Å²) in [6.07, 6.45) is 0. The van der Waals surface area contributed by atoms with E-state index in [1.54, 1.807) is 6.07 Å². The Morgan fingerprint density at radius 1 is 0.318 bits per heavy atom. The normalized spacial score (nSPS) is 11.3. The minimum Gasteiger partial charge on any atom is -0.309 e. The molecule has 306 valence electrons. The number of fused-ring (bicyclic) bond motifs is 6. The zero-order chi connectivity index (χ0) is 44.1. The maximum absolute atomic E-state index is 9.85. The van der Waals surface area contributed by atoms with Crippen LogP contribution in [0.1, 0.15) is 11.1 Å². The van der Waals surface area contributed by atoms with Crippen LogP contribution in [0.3, 0.4) is 0 Å². The highest BCUT2D eigenvalue weighted by atomic mass is 15.0. The molecule has 0 saturated carbocycles. The van der Waals surface area contributed by atoms with Crippen LogP contribution in [0, 0.1) is 22.7 Å². The van der Waals surface area contributed by atoms with E-state index in [2.05, 4.69) is 185 Å². The predicted molar refractivity (Wildman–Crippen MR) is 267 cm³/mol. The quantitative estimate of drug-likeness (QED) is 0.160. The summed E-state index contributed by atoms with van der Waals surface area (Å²) in [5, 5.41) is 24.2. The molecule has 3 aromatic heterocycles. The molecular formula is C60H36N6. The van der Waals surface area contributed by atoms with Crippen molar-refractivity contribution in [3.05, 3.63) is 230 Å². The summed E-state index contributed by atoms with van der Waals surface area (Å²) < 4.78 is 4.77. The van der Waals surface area contributed by atoms with Gasteiger partial charge in [-0.05, 0) is 77.9 Å². The Bertz CT molecular complexity index is 3820. The van der Waals surface area contributed by atoms with Gasteiger partial charge in [0.05, 0.1) is 68.1 Å². The SMILES string of the molecule is N#Cc1cc(C#N)cc(-c2ccc3c(c2)c2ccccc2n3-c2cc(-c3cc(-c4ccccc4)nc(-c4ccccc4)n3)ccc2-c2ccccc2-n2c3ccccc3c3ccccc32)c1. The number of hydrogen-bond donors (Lipinski definition) is 0. The van der Waals surface area contributed by atoms with Crippen LogP contribution in [-0.2, 0) is 0 Å². The van der Waals surface area contributed by atoms with E-state index in [9.17, 15) is 10.5 Å². The molecular weight excluding hydrogens is 805 g/mol. The fourth-order valence-corrected chi connectivity index (χ4v) is 9.59. The second kappa shape index (κ2) is 15.8. The van der Waals surface area contributed by atoms with Gasteiger partial charge in [0.25, 0.3) is 0 Å². The molecule has 0 unspecified atom stereocenters. The second-order valence-corrected chi connectivity index (χ2v) is 16.4. The predicted octanol–water partition coefficient (Wildman–Crippen LogP) is 14.7. The summed E-state index contributed by atoms with van der Waals surface area (Å²) in [5.74, 6) is 0.652. The number of aromatic nitrogens is 4. The maximum Gasteiger partial charge on any atom is 0.160 e. The summed E-state index contributed by atoms with van der Waals surface area (Å²) in [6, 6.07) is 79.9. The molecule has 6 nitrogen and oxygen atoms in total. The van der Waals surface area contributed by atoms with Crippen molar-refractivity contribution >= 4 is 43.6 Å². The zero-order valence-corrected chi connectivity index (χ0v) is 35.5. The number of rotatable bonds is 7. The van der Waals surface area contributed by atoms with Crippen molar-refractivity contribution in [2.75, 3.05) is 0 Å². The molecule has 66 heavy (non-hydrogen) atoms. The monoisotopic (exact) mass is 840 g/mol. The zero-order valence-electron chi connectivity index (χ0n) is 35.5. The molecule has 12 rings (SSSR count). The van der Waals surface area contributed by atoms with Gasteiger partial charge < -0.3 is 9.13 Å². The topological polar surface area (TPSA) is 83.2 Å². The first-order chi connectivity index (χ1) is 32.6. The smallest absolute Gasteiger partial charge is 0.160 e. The molecule has 12 aromatic rings. The van der Waals surface area contributed by atoms with Crippen molar-refractivity contribution in [3.63, 3.8) is 0 Å². The lowest BCUT2D eigenvalue weighted by atomic mass is 9.97. The summed E-state index contributed by atoms with van der Waals surface area (Å²) in [5.41, 5.74) is 15.7. The molecule has 3 heterocycles. The fourth-order valence-electron chi connectivity index (χ4n) is 9.59.